The third-order valence-electron chi connectivity index (χ3n) is 2.51. The van der Waals surface area contributed by atoms with E-state index in [1.165, 1.54) is 0 Å². The first-order chi connectivity index (χ1) is 7.61. The maximum Gasteiger partial charge on any atom is 0.307 e. The summed E-state index contributed by atoms with van der Waals surface area (Å²) < 4.78 is 6.30. The van der Waals surface area contributed by atoms with Crippen LogP contribution in [0.3, 0.4) is 0 Å². The Morgan fingerprint density at radius 1 is 1.50 bits per heavy atom. The Bertz CT molecular complexity index is 542. The fourth-order valence-electron chi connectivity index (χ4n) is 1.74. The van der Waals surface area contributed by atoms with Crippen LogP contribution < -0.4 is 4.74 Å². The molecule has 0 radical (unpaired) electrons. The van der Waals surface area contributed by atoms with E-state index in [0.717, 1.165) is 27.0 Å². The molecule has 0 fully saturated rings. The van der Waals surface area contributed by atoms with Crippen LogP contribution in [0.15, 0.2) is 17.5 Å². The van der Waals surface area contributed by atoms with Crippen molar-refractivity contribution in [1.82, 2.24) is 0 Å². The number of carboxylic acid groups (broad SMARTS) is 1. The third-order valence-corrected chi connectivity index (χ3v) is 3.51. The van der Waals surface area contributed by atoms with E-state index in [1.807, 2.05) is 24.4 Å². The van der Waals surface area contributed by atoms with Gasteiger partial charge in [0, 0.05) is 4.70 Å². The zero-order valence-electron chi connectivity index (χ0n) is 9.11. The topological polar surface area (TPSA) is 46.5 Å². The minimum atomic E-state index is -0.798. The van der Waals surface area contributed by atoms with E-state index in [1.54, 1.807) is 18.4 Å². The average Bonchev–Trinajstić information content (AvgIpc) is 2.59. The third kappa shape index (κ3) is 1.88. The number of hydrogen-bond acceptors (Lipinski definition) is 3. The second-order valence-corrected chi connectivity index (χ2v) is 4.56. The fraction of sp³-hybridized carbons (Fsp3) is 0.250. The van der Waals surface area contributed by atoms with Gasteiger partial charge in [0.1, 0.15) is 5.75 Å². The molecule has 0 aliphatic carbocycles. The highest BCUT2D eigenvalue weighted by molar-refractivity contribution is 7.17. The Morgan fingerprint density at radius 2 is 2.25 bits per heavy atom. The van der Waals surface area contributed by atoms with Gasteiger partial charge in [0.05, 0.1) is 13.5 Å². The van der Waals surface area contributed by atoms with E-state index < -0.39 is 5.97 Å². The van der Waals surface area contributed by atoms with E-state index in [0.29, 0.717) is 0 Å². The van der Waals surface area contributed by atoms with Crippen LogP contribution >= 0.6 is 11.3 Å². The lowest BCUT2D eigenvalue weighted by Gasteiger charge is -2.04. The molecule has 0 atom stereocenters. The van der Waals surface area contributed by atoms with Crippen molar-refractivity contribution in [2.75, 3.05) is 7.11 Å². The quantitative estimate of drug-likeness (QED) is 0.891. The second-order valence-electron chi connectivity index (χ2n) is 3.65. The first-order valence-corrected chi connectivity index (χ1v) is 5.76. The SMILES string of the molecule is COc1cc2scc(CC(=O)O)c2cc1C. The standard InChI is InChI=1S/C12H12O3S/c1-7-3-9-8(4-12(13)14)6-16-11(9)5-10(7)15-2/h3,5-6H,4H2,1-2H3,(H,13,14). The van der Waals surface area contributed by atoms with E-state index in [2.05, 4.69) is 0 Å². The van der Waals surface area contributed by atoms with Gasteiger partial charge in [-0.1, -0.05) is 0 Å². The number of carbonyl (C=O) groups is 1. The van der Waals surface area contributed by atoms with Crippen LogP contribution in [0.1, 0.15) is 11.1 Å². The molecule has 0 amide bonds. The van der Waals surface area contributed by atoms with Crippen LogP contribution in [-0.2, 0) is 11.2 Å². The lowest BCUT2D eigenvalue weighted by molar-refractivity contribution is -0.136. The van der Waals surface area contributed by atoms with Crippen LogP contribution in [0, 0.1) is 6.92 Å². The summed E-state index contributed by atoms with van der Waals surface area (Å²) in [6, 6.07) is 3.95. The van der Waals surface area contributed by atoms with Gasteiger partial charge in [-0.15, -0.1) is 11.3 Å². The second kappa shape index (κ2) is 4.14. The Morgan fingerprint density at radius 3 is 2.88 bits per heavy atom. The van der Waals surface area contributed by atoms with Gasteiger partial charge in [-0.05, 0) is 40.9 Å². The van der Waals surface area contributed by atoms with E-state index in [-0.39, 0.29) is 6.42 Å². The van der Waals surface area contributed by atoms with Crippen molar-refractivity contribution < 1.29 is 14.6 Å². The Balaban J connectivity index is 2.55. The molecule has 1 aromatic carbocycles. The smallest absolute Gasteiger partial charge is 0.307 e. The Labute approximate surface area is 97.3 Å². The predicted molar refractivity (Wildman–Crippen MR) is 64.5 cm³/mol. The lowest BCUT2D eigenvalue weighted by Crippen LogP contribution is -1.98. The molecule has 1 aromatic heterocycles. The number of aliphatic carboxylic acids is 1. The van der Waals surface area contributed by atoms with Gasteiger partial charge in [-0.3, -0.25) is 4.79 Å². The number of fused-ring (bicyclic) bond motifs is 1. The van der Waals surface area contributed by atoms with Crippen LogP contribution in [-0.4, -0.2) is 18.2 Å². The maximum absolute atomic E-state index is 10.7. The van der Waals surface area contributed by atoms with Crippen LogP contribution in [0.25, 0.3) is 10.1 Å². The average molecular weight is 236 g/mol. The summed E-state index contributed by atoms with van der Waals surface area (Å²) in [6.45, 7) is 1.96. The van der Waals surface area contributed by atoms with Crippen LogP contribution in [0.2, 0.25) is 0 Å². The van der Waals surface area contributed by atoms with Gasteiger partial charge in [0.2, 0.25) is 0 Å². The number of hydrogen-bond donors (Lipinski definition) is 1. The summed E-state index contributed by atoms with van der Waals surface area (Å²) >= 11 is 1.55. The minimum Gasteiger partial charge on any atom is -0.496 e. The molecule has 0 unspecified atom stereocenters. The monoisotopic (exact) mass is 236 g/mol. The van der Waals surface area contributed by atoms with Crippen LogP contribution in [0.4, 0.5) is 0 Å². The normalized spacial score (nSPS) is 10.6. The molecule has 3 nitrogen and oxygen atoms in total. The van der Waals surface area contributed by atoms with Crippen molar-refractivity contribution in [3.63, 3.8) is 0 Å². The predicted octanol–water partition coefficient (Wildman–Crippen LogP) is 2.85. The van der Waals surface area contributed by atoms with Gasteiger partial charge in [0.25, 0.3) is 0 Å². The van der Waals surface area contributed by atoms with Gasteiger partial charge in [0.15, 0.2) is 0 Å². The number of benzene rings is 1. The molecule has 0 saturated carbocycles. The highest BCUT2D eigenvalue weighted by Gasteiger charge is 2.10. The van der Waals surface area contributed by atoms with Gasteiger partial charge < -0.3 is 9.84 Å². The van der Waals surface area contributed by atoms with Crippen molar-refractivity contribution in [2.24, 2.45) is 0 Å². The van der Waals surface area contributed by atoms with Gasteiger partial charge in [-0.25, -0.2) is 0 Å². The molecule has 84 valence electrons. The number of thiophene rings is 1. The van der Waals surface area contributed by atoms with Crippen molar-refractivity contribution in [1.29, 1.82) is 0 Å². The summed E-state index contributed by atoms with van der Waals surface area (Å²) in [7, 11) is 1.64. The minimum absolute atomic E-state index is 0.0752. The molecule has 2 aromatic rings. The number of aryl methyl sites for hydroxylation is 1. The molecule has 0 spiro atoms. The molecule has 1 heterocycles. The molecule has 0 aliphatic rings. The molecular formula is C12H12O3S. The molecule has 0 saturated heterocycles. The number of ether oxygens (including phenoxy) is 1. The number of methoxy groups -OCH3 is 1. The highest BCUT2D eigenvalue weighted by Crippen LogP contribution is 2.32. The molecule has 4 heteroatoms. The summed E-state index contributed by atoms with van der Waals surface area (Å²) in [5.41, 5.74) is 1.90. The summed E-state index contributed by atoms with van der Waals surface area (Å²) in [4.78, 5) is 10.7. The molecule has 0 aliphatic heterocycles. The fourth-order valence-corrected chi connectivity index (χ4v) is 2.71. The molecule has 16 heavy (non-hydrogen) atoms. The Hall–Kier alpha value is -1.55. The summed E-state index contributed by atoms with van der Waals surface area (Å²) in [5.74, 6) is 0.0457. The lowest BCUT2D eigenvalue weighted by atomic mass is 10.1. The van der Waals surface area contributed by atoms with Crippen molar-refractivity contribution in [2.45, 2.75) is 13.3 Å². The van der Waals surface area contributed by atoms with E-state index in [4.69, 9.17) is 9.84 Å². The van der Waals surface area contributed by atoms with Crippen LogP contribution in [0.5, 0.6) is 5.75 Å². The number of carboxylic acids is 1. The Kier molecular flexibility index (Phi) is 2.83. The van der Waals surface area contributed by atoms with E-state index >= 15 is 0 Å². The number of rotatable bonds is 3. The van der Waals surface area contributed by atoms with Crippen molar-refractivity contribution in [3.8, 4) is 5.75 Å². The zero-order valence-corrected chi connectivity index (χ0v) is 9.93. The van der Waals surface area contributed by atoms with E-state index in [9.17, 15) is 4.79 Å². The van der Waals surface area contributed by atoms with Crippen molar-refractivity contribution >= 4 is 27.4 Å². The zero-order chi connectivity index (χ0) is 11.7. The molecule has 1 N–H and O–H groups in total. The first kappa shape index (κ1) is 11.0. The summed E-state index contributed by atoms with van der Waals surface area (Å²) in [5, 5.41) is 11.7. The van der Waals surface area contributed by atoms with Gasteiger partial charge >= 0.3 is 5.97 Å². The molecular weight excluding hydrogens is 224 g/mol. The summed E-state index contributed by atoms with van der Waals surface area (Å²) in [6.07, 6.45) is 0.0752. The maximum atomic E-state index is 10.7. The largest absolute Gasteiger partial charge is 0.496 e. The molecule has 0 bridgehead atoms. The van der Waals surface area contributed by atoms with Crippen molar-refractivity contribution in [3.05, 3.63) is 28.6 Å². The van der Waals surface area contributed by atoms with Gasteiger partial charge in [-0.2, -0.15) is 0 Å². The molecule has 2 rings (SSSR count). The highest BCUT2D eigenvalue weighted by atomic mass is 32.1. The first-order valence-electron chi connectivity index (χ1n) is 4.88.